The lowest BCUT2D eigenvalue weighted by Crippen LogP contribution is -2.51. The number of nitrogens with one attached hydrogen (secondary N) is 1. The van der Waals surface area contributed by atoms with Crippen LogP contribution in [0.4, 0.5) is 0 Å². The van der Waals surface area contributed by atoms with Gasteiger partial charge in [-0.15, -0.1) is 0 Å². The second-order valence-electron chi connectivity index (χ2n) is 7.30. The Morgan fingerprint density at radius 3 is 3.05 bits per heavy atom. The topological polar surface area (TPSA) is 39.3 Å². The SMILES string of the molecule is CC[C@@]1(O)C[C@H]2CCc3[nH]c4ccccc4c3CCN(C2)C1. The fourth-order valence-corrected chi connectivity index (χ4v) is 4.51. The summed E-state index contributed by atoms with van der Waals surface area (Å²) in [4.78, 5) is 6.14. The number of hydrogen-bond acceptors (Lipinski definition) is 2. The Balaban J connectivity index is 1.67. The molecule has 3 heteroatoms. The molecule has 0 aliphatic carbocycles. The largest absolute Gasteiger partial charge is 0.389 e. The van der Waals surface area contributed by atoms with E-state index in [2.05, 4.69) is 41.1 Å². The van der Waals surface area contributed by atoms with Crippen molar-refractivity contribution in [3.63, 3.8) is 0 Å². The molecule has 2 bridgehead atoms. The van der Waals surface area contributed by atoms with Crippen LogP contribution in [0.5, 0.6) is 0 Å². The zero-order valence-electron chi connectivity index (χ0n) is 13.4. The lowest BCUT2D eigenvalue weighted by atomic mass is 9.81. The first kappa shape index (κ1) is 14.3. The summed E-state index contributed by atoms with van der Waals surface area (Å²) in [5.41, 5.74) is 3.74. The highest BCUT2D eigenvalue weighted by Crippen LogP contribution is 2.34. The maximum Gasteiger partial charge on any atom is 0.0774 e. The zero-order chi connectivity index (χ0) is 15.2. The van der Waals surface area contributed by atoms with E-state index in [1.807, 2.05) is 0 Å². The van der Waals surface area contributed by atoms with Crippen molar-refractivity contribution < 1.29 is 5.11 Å². The average molecular weight is 298 g/mol. The molecule has 3 heterocycles. The van der Waals surface area contributed by atoms with Crippen LogP contribution in [0.25, 0.3) is 10.9 Å². The summed E-state index contributed by atoms with van der Waals surface area (Å²) < 4.78 is 0. The summed E-state index contributed by atoms with van der Waals surface area (Å²) in [5, 5.41) is 12.2. The zero-order valence-corrected chi connectivity index (χ0v) is 13.4. The van der Waals surface area contributed by atoms with E-state index in [0.717, 1.165) is 45.3 Å². The lowest BCUT2D eigenvalue weighted by molar-refractivity contribution is -0.0557. The van der Waals surface area contributed by atoms with Gasteiger partial charge in [-0.25, -0.2) is 0 Å². The summed E-state index contributed by atoms with van der Waals surface area (Å²) in [5.74, 6) is 0.621. The Morgan fingerprint density at radius 2 is 2.18 bits per heavy atom. The number of para-hydroxylation sites is 1. The number of aromatic nitrogens is 1. The molecule has 0 saturated carbocycles. The molecule has 2 N–H and O–H groups in total. The number of benzene rings is 1. The van der Waals surface area contributed by atoms with E-state index in [9.17, 15) is 5.11 Å². The first-order valence-electron chi connectivity index (χ1n) is 8.70. The molecule has 118 valence electrons. The van der Waals surface area contributed by atoms with Gasteiger partial charge in [0.05, 0.1) is 5.60 Å². The molecule has 1 aromatic heterocycles. The number of aryl methyl sites for hydroxylation is 1. The normalized spacial score (nSPS) is 32.1. The van der Waals surface area contributed by atoms with Crippen LogP contribution in [-0.4, -0.2) is 40.2 Å². The van der Waals surface area contributed by atoms with Crippen molar-refractivity contribution in [1.29, 1.82) is 0 Å². The van der Waals surface area contributed by atoms with Crippen molar-refractivity contribution in [1.82, 2.24) is 9.88 Å². The molecule has 22 heavy (non-hydrogen) atoms. The van der Waals surface area contributed by atoms with E-state index in [0.29, 0.717) is 5.92 Å². The molecular weight excluding hydrogens is 272 g/mol. The first-order valence-corrected chi connectivity index (χ1v) is 8.70. The third kappa shape index (κ3) is 2.46. The van der Waals surface area contributed by atoms with Crippen LogP contribution in [-0.2, 0) is 12.8 Å². The van der Waals surface area contributed by atoms with Gasteiger partial charge in [0.25, 0.3) is 0 Å². The van der Waals surface area contributed by atoms with Crippen molar-refractivity contribution in [2.75, 3.05) is 19.6 Å². The van der Waals surface area contributed by atoms with Gasteiger partial charge in [0, 0.05) is 36.2 Å². The molecular formula is C19H26N2O. The molecule has 2 aromatic rings. The van der Waals surface area contributed by atoms with Gasteiger partial charge in [-0.1, -0.05) is 25.1 Å². The Bertz CT molecular complexity index is 677. The van der Waals surface area contributed by atoms with Crippen LogP contribution in [0.1, 0.15) is 37.4 Å². The molecule has 2 aliphatic heterocycles. The van der Waals surface area contributed by atoms with Crippen molar-refractivity contribution in [2.45, 2.75) is 44.6 Å². The van der Waals surface area contributed by atoms with Crippen LogP contribution in [0.3, 0.4) is 0 Å². The Morgan fingerprint density at radius 1 is 1.32 bits per heavy atom. The standard InChI is InChI=1S/C19H26N2O/c1-2-19(22)11-14-7-8-18-16(9-10-21(12-14)13-19)15-5-3-4-6-17(15)20-18/h3-6,14,20,22H,2,7-13H2,1H3/t14-,19-/m1/s1. The second-order valence-corrected chi connectivity index (χ2v) is 7.30. The number of hydrogen-bond donors (Lipinski definition) is 2. The van der Waals surface area contributed by atoms with Gasteiger partial charge < -0.3 is 10.1 Å². The van der Waals surface area contributed by atoms with E-state index < -0.39 is 5.60 Å². The van der Waals surface area contributed by atoms with Crippen LogP contribution >= 0.6 is 0 Å². The summed E-state index contributed by atoms with van der Waals surface area (Å²) in [7, 11) is 0. The number of nitrogens with zero attached hydrogens (tertiary/aromatic N) is 1. The van der Waals surface area contributed by atoms with Gasteiger partial charge >= 0.3 is 0 Å². The van der Waals surface area contributed by atoms with Crippen molar-refractivity contribution in [2.24, 2.45) is 5.92 Å². The van der Waals surface area contributed by atoms with Gasteiger partial charge in [0.2, 0.25) is 0 Å². The number of piperidine rings is 1. The van der Waals surface area contributed by atoms with Gasteiger partial charge in [-0.05, 0) is 49.7 Å². The van der Waals surface area contributed by atoms with Crippen molar-refractivity contribution in [3.05, 3.63) is 35.5 Å². The average Bonchev–Trinajstić information content (AvgIpc) is 2.89. The van der Waals surface area contributed by atoms with Gasteiger partial charge in [-0.2, -0.15) is 0 Å². The minimum atomic E-state index is -0.469. The van der Waals surface area contributed by atoms with Gasteiger partial charge in [-0.3, -0.25) is 4.90 Å². The Kier molecular flexibility index (Phi) is 3.50. The minimum Gasteiger partial charge on any atom is -0.389 e. The number of H-pyrrole nitrogens is 1. The fourth-order valence-electron chi connectivity index (χ4n) is 4.51. The lowest BCUT2D eigenvalue weighted by Gasteiger charge is -2.42. The molecule has 1 aromatic carbocycles. The summed E-state index contributed by atoms with van der Waals surface area (Å²) in [6, 6.07) is 8.67. The van der Waals surface area contributed by atoms with E-state index in [1.165, 1.54) is 28.6 Å². The molecule has 2 aliphatic rings. The van der Waals surface area contributed by atoms with Crippen LogP contribution in [0.15, 0.2) is 24.3 Å². The van der Waals surface area contributed by atoms with Crippen LogP contribution in [0, 0.1) is 5.92 Å². The van der Waals surface area contributed by atoms with Crippen molar-refractivity contribution >= 4 is 10.9 Å². The van der Waals surface area contributed by atoms with E-state index in [-0.39, 0.29) is 0 Å². The third-order valence-corrected chi connectivity index (χ3v) is 5.74. The smallest absolute Gasteiger partial charge is 0.0774 e. The van der Waals surface area contributed by atoms with E-state index >= 15 is 0 Å². The predicted octanol–water partition coefficient (Wildman–Crippen LogP) is 3.12. The molecule has 0 radical (unpaired) electrons. The maximum atomic E-state index is 10.8. The highest BCUT2D eigenvalue weighted by Gasteiger charge is 2.37. The summed E-state index contributed by atoms with van der Waals surface area (Å²) >= 11 is 0. The molecule has 1 saturated heterocycles. The molecule has 3 nitrogen and oxygen atoms in total. The molecule has 4 rings (SSSR count). The third-order valence-electron chi connectivity index (χ3n) is 5.74. The predicted molar refractivity (Wildman–Crippen MR) is 90.1 cm³/mol. The van der Waals surface area contributed by atoms with E-state index in [4.69, 9.17) is 0 Å². The van der Waals surface area contributed by atoms with Crippen LogP contribution in [0.2, 0.25) is 0 Å². The Hall–Kier alpha value is -1.32. The Labute approximate surface area is 132 Å². The minimum absolute atomic E-state index is 0.469. The second kappa shape index (κ2) is 5.39. The first-order chi connectivity index (χ1) is 10.7. The summed E-state index contributed by atoms with van der Waals surface area (Å²) in [6.45, 7) is 5.19. The van der Waals surface area contributed by atoms with Gasteiger partial charge in [0.15, 0.2) is 0 Å². The molecule has 1 fully saturated rings. The number of fused-ring (bicyclic) bond motifs is 5. The fraction of sp³-hybridized carbons (Fsp3) is 0.579. The molecule has 1 unspecified atom stereocenters. The molecule has 0 spiro atoms. The summed E-state index contributed by atoms with van der Waals surface area (Å²) in [6.07, 6.45) is 5.22. The van der Waals surface area contributed by atoms with Gasteiger partial charge in [0.1, 0.15) is 0 Å². The monoisotopic (exact) mass is 298 g/mol. The highest BCUT2D eigenvalue weighted by atomic mass is 16.3. The molecule has 3 atom stereocenters. The number of rotatable bonds is 1. The maximum absolute atomic E-state index is 10.8. The van der Waals surface area contributed by atoms with Crippen molar-refractivity contribution in [3.8, 4) is 0 Å². The molecule has 0 amide bonds. The van der Waals surface area contributed by atoms with E-state index in [1.54, 1.807) is 0 Å². The van der Waals surface area contributed by atoms with Crippen LogP contribution < -0.4 is 0 Å². The number of aromatic amines is 1. The quantitative estimate of drug-likeness (QED) is 0.849. The number of aliphatic hydroxyl groups is 1. The highest BCUT2D eigenvalue weighted by molar-refractivity contribution is 5.84.